The van der Waals surface area contributed by atoms with E-state index in [1.54, 1.807) is 30.3 Å². The van der Waals surface area contributed by atoms with E-state index in [4.69, 9.17) is 32.9 Å². The molecule has 0 aliphatic rings. The van der Waals surface area contributed by atoms with Gasteiger partial charge in [-0.25, -0.2) is 24.2 Å². The Morgan fingerprint density at radius 3 is 0.780 bits per heavy atom. The second-order valence-corrected chi connectivity index (χ2v) is 36.7. The molecule has 0 N–H and O–H groups in total. The van der Waals surface area contributed by atoms with Crippen LogP contribution in [0.15, 0.2) is 455 Å². The van der Waals surface area contributed by atoms with Crippen LogP contribution in [0.3, 0.4) is 0 Å². The molecule has 15 nitrogen and oxygen atoms in total. The summed E-state index contributed by atoms with van der Waals surface area (Å²) in [5.41, 5.74) is 34.1. The molecule has 150 heavy (non-hydrogen) atoms. The number of nitriles is 4. The van der Waals surface area contributed by atoms with Gasteiger partial charge in [0.25, 0.3) is 0 Å². The monoisotopic (exact) mass is 1910 g/mol. The highest BCUT2D eigenvalue weighted by molar-refractivity contribution is 6.18. The lowest BCUT2D eigenvalue weighted by Crippen LogP contribution is -1.99. The van der Waals surface area contributed by atoms with Gasteiger partial charge in [-0.3, -0.25) is 0 Å². The van der Waals surface area contributed by atoms with Gasteiger partial charge in [0.2, 0.25) is 17.1 Å². The van der Waals surface area contributed by atoms with E-state index in [1.807, 2.05) is 152 Å². The maximum Gasteiger partial charge on any atom is 0.211 e. The Morgan fingerprint density at radius 2 is 0.433 bits per heavy atom. The zero-order valence-electron chi connectivity index (χ0n) is 80.0. The van der Waals surface area contributed by atoms with Gasteiger partial charge < -0.3 is 27.4 Å². The maximum atomic E-state index is 10.1. The van der Waals surface area contributed by atoms with Crippen molar-refractivity contribution in [2.45, 2.75) is 0 Å². The first-order chi connectivity index (χ1) is 74.0. The average Bonchev–Trinajstić information content (AvgIpc) is 1.56. The Morgan fingerprint density at radius 1 is 0.173 bits per heavy atom. The van der Waals surface area contributed by atoms with Crippen LogP contribution in [0, 0.1) is 78.2 Å². The predicted octanol–water partition coefficient (Wildman–Crippen LogP) is 35.9. The molecule has 6 heterocycles. The summed E-state index contributed by atoms with van der Waals surface area (Å²) in [6.07, 6.45) is 0. The molecule has 0 saturated carbocycles. The fourth-order valence-electron chi connectivity index (χ4n) is 22.4. The summed E-state index contributed by atoms with van der Waals surface area (Å²) in [5.74, 6) is 0. The van der Waals surface area contributed by atoms with E-state index in [-0.39, 0.29) is 0 Å². The molecule has 27 rings (SSSR count). The van der Waals surface area contributed by atoms with Gasteiger partial charge in [-0.1, -0.05) is 297 Å². The van der Waals surface area contributed by atoms with Crippen molar-refractivity contribution in [3.8, 4) is 125 Å². The van der Waals surface area contributed by atoms with Crippen molar-refractivity contribution in [1.82, 2.24) is 27.4 Å². The van der Waals surface area contributed by atoms with Crippen molar-refractivity contribution < 1.29 is 0 Å². The van der Waals surface area contributed by atoms with Crippen molar-refractivity contribution >= 4 is 159 Å². The summed E-state index contributed by atoms with van der Waals surface area (Å²) in [7, 11) is 0. The molecule has 0 amide bonds. The van der Waals surface area contributed by atoms with E-state index in [2.05, 4.69) is 349 Å². The minimum Gasteiger partial charge on any atom is -0.320 e. The third-order valence-electron chi connectivity index (χ3n) is 28.8. The quantitative estimate of drug-likeness (QED) is 0.112. The van der Waals surface area contributed by atoms with Gasteiger partial charge in [0.05, 0.1) is 157 Å². The van der Waals surface area contributed by atoms with Gasteiger partial charge in [-0.2, -0.15) is 21.0 Å². The van der Waals surface area contributed by atoms with Crippen LogP contribution in [0.5, 0.6) is 0 Å². The Balaban J connectivity index is 0.000000116. The molecule has 27 aromatic rings. The van der Waals surface area contributed by atoms with Crippen LogP contribution < -0.4 is 0 Å². The Bertz CT molecular complexity index is 10300. The minimum atomic E-state index is 0.490. The smallest absolute Gasteiger partial charge is 0.211 e. The van der Waals surface area contributed by atoms with Crippen LogP contribution in [0.1, 0.15) is 22.3 Å². The topological polar surface area (TPSA) is 147 Å². The van der Waals surface area contributed by atoms with E-state index in [9.17, 15) is 21.0 Å². The summed E-state index contributed by atoms with van der Waals surface area (Å²) in [6.45, 7) is 40.1. The second kappa shape index (κ2) is 37.0. The molecule has 21 aromatic carbocycles. The Kier molecular flexibility index (Phi) is 22.0. The maximum absolute atomic E-state index is 10.1. The number of fused-ring (bicyclic) bond motifs is 18. The van der Waals surface area contributed by atoms with E-state index >= 15 is 0 Å². The minimum absolute atomic E-state index is 0.490. The molecule has 0 aliphatic carbocycles. The van der Waals surface area contributed by atoms with Crippen LogP contribution in [0.2, 0.25) is 0 Å². The van der Waals surface area contributed by atoms with Crippen molar-refractivity contribution in [3.05, 3.63) is 534 Å². The van der Waals surface area contributed by atoms with Crippen molar-refractivity contribution in [2.24, 2.45) is 0 Å². The van der Waals surface area contributed by atoms with Gasteiger partial charge in [-0.15, -0.1) is 0 Å². The largest absolute Gasteiger partial charge is 0.320 e. The van der Waals surface area contributed by atoms with E-state index in [1.165, 1.54) is 43.4 Å². The number of hydrogen-bond donors (Lipinski definition) is 0. The molecule has 0 radical (unpaired) electrons. The Hall–Kier alpha value is -22.2. The highest BCUT2D eigenvalue weighted by atomic mass is 15.0. The number of nitrogens with zero attached hydrogens (tertiary/aromatic N) is 15. The highest BCUT2D eigenvalue weighted by Gasteiger charge is 2.29. The van der Waals surface area contributed by atoms with Gasteiger partial charge in [0.15, 0.2) is 11.4 Å². The molecule has 6 aromatic heterocycles. The molecule has 690 valence electrons. The molecule has 15 heteroatoms. The lowest BCUT2D eigenvalue weighted by Gasteiger charge is -2.19. The second-order valence-electron chi connectivity index (χ2n) is 36.7. The summed E-state index contributed by atoms with van der Waals surface area (Å²) in [4.78, 5) is 19.4. The molecule has 0 aliphatic heterocycles. The van der Waals surface area contributed by atoms with Crippen LogP contribution in [0.25, 0.3) is 256 Å². The molecular weight excluding hydrogens is 1830 g/mol. The van der Waals surface area contributed by atoms with Gasteiger partial charge in [-0.05, 0) is 230 Å². The lowest BCUT2D eigenvalue weighted by molar-refractivity contribution is 1.18. The summed E-state index contributed by atoms with van der Waals surface area (Å²) < 4.78 is 13.2. The van der Waals surface area contributed by atoms with E-state index in [0.29, 0.717) is 50.7 Å². The molecule has 0 spiro atoms. The van der Waals surface area contributed by atoms with Crippen LogP contribution in [-0.4, -0.2) is 27.4 Å². The van der Waals surface area contributed by atoms with E-state index < -0.39 is 0 Å². The first kappa shape index (κ1) is 89.2. The van der Waals surface area contributed by atoms with Gasteiger partial charge in [0.1, 0.15) is 0 Å². The molecule has 0 bridgehead atoms. The fraction of sp³-hybridized carbons (Fsp3) is 0. The normalized spacial score (nSPS) is 11.1. The molecule has 0 fully saturated rings. The van der Waals surface area contributed by atoms with Crippen LogP contribution in [-0.2, 0) is 0 Å². The average molecular weight is 1910 g/mol. The lowest BCUT2D eigenvalue weighted by atomic mass is 9.93. The van der Waals surface area contributed by atoms with Crippen molar-refractivity contribution in [3.63, 3.8) is 0 Å². The number of hydrogen-bond acceptors (Lipinski definition) is 4. The third-order valence-corrected chi connectivity index (χ3v) is 28.8. The number of rotatable bonds is 12. The number of benzene rings is 21. The van der Waals surface area contributed by atoms with Crippen LogP contribution in [0.4, 0.5) is 28.4 Å². The van der Waals surface area contributed by atoms with Gasteiger partial charge >= 0.3 is 0 Å². The summed E-state index contributed by atoms with van der Waals surface area (Å²) in [6, 6.07) is 162. The standard InChI is InChI=1S/3C45H25N5/c1-47-31-21-24-37-39-26-29(28-46)18-25-43(39)50(44(37)27-31)45-38(14-9-15-40(45)48-2)34-11-4-3-10-33(34)30-19-22-32(23-20-30)49-41-16-7-5-12-35(41)36-13-6-8-17-42(36)49;1-47-31-21-25-44-39(27-31)38-26-29(28-46)18-24-43(38)50(44)45-37(14-9-15-40(45)48-2)34-11-4-3-10-33(34)30-19-22-32(23-20-30)49-41-16-7-5-12-35(41)36-13-6-8-17-42(36)49;1-48-39-16-9-15-37(45(39)50-42-25-20-29(27-46)26-38(42)44-31(28-47)10-8-19-43(44)50)34-12-3-2-11-33(34)30-21-23-32(24-22-30)49-40-17-6-4-13-35(40)36-14-5-7-18-41(36)49/h2*3-27H;2-26H. The number of aromatic nitrogens is 6. The van der Waals surface area contributed by atoms with Crippen LogP contribution >= 0.6 is 0 Å². The first-order valence-electron chi connectivity index (χ1n) is 48.7. The highest BCUT2D eigenvalue weighted by Crippen LogP contribution is 2.51. The van der Waals surface area contributed by atoms with E-state index in [0.717, 1.165) is 188 Å². The zero-order valence-corrected chi connectivity index (χ0v) is 80.0. The summed E-state index contributed by atoms with van der Waals surface area (Å²) in [5, 5.41) is 51.7. The number of para-hydroxylation sites is 9. The summed E-state index contributed by atoms with van der Waals surface area (Å²) >= 11 is 0. The molecule has 0 unspecified atom stereocenters. The molecule has 0 atom stereocenters. The van der Waals surface area contributed by atoms with Crippen molar-refractivity contribution in [2.75, 3.05) is 0 Å². The third kappa shape index (κ3) is 14.7. The fourth-order valence-corrected chi connectivity index (χ4v) is 22.4. The zero-order chi connectivity index (χ0) is 101. The molecular formula is C135H75N15. The van der Waals surface area contributed by atoms with Crippen molar-refractivity contribution in [1.29, 1.82) is 21.0 Å². The Labute approximate surface area is 861 Å². The SMILES string of the molecule is [C-]#[N+]c1ccc2c(c1)c1cc(C#N)ccc1n2-c1c([N+]#[C-])cccc1-c1ccccc1-c1ccc(-n2c3ccccc3c3ccccc32)cc1.[C-]#[N+]c1ccc2c3cc(C#N)ccc3n(-c3c([N+]#[C-])cccc3-c3ccccc3-c3ccc(-n4c5ccccc5c5ccccc54)cc3)c2c1.[C-]#[N+]c1cccc(-c2ccccc2-c2ccc(-n3c4ccccc4c4ccccc43)cc2)c1-n1c2ccc(C#N)cc2c2c(C#N)cccc21. The molecule has 0 saturated heterocycles. The first-order valence-corrected chi connectivity index (χ1v) is 48.7. The predicted molar refractivity (Wildman–Crippen MR) is 608 cm³/mol. The van der Waals surface area contributed by atoms with Gasteiger partial charge in [0, 0.05) is 81.8 Å².